The van der Waals surface area contributed by atoms with Crippen LogP contribution in [0, 0.1) is 5.92 Å². The molecule has 0 aromatic rings. The molecule has 13 heavy (non-hydrogen) atoms. The maximum Gasteiger partial charge on any atom is -0.0354 e. The van der Waals surface area contributed by atoms with Crippen LogP contribution >= 0.6 is 0 Å². The lowest BCUT2D eigenvalue weighted by Crippen LogP contribution is -1.66. The van der Waals surface area contributed by atoms with E-state index in [9.17, 15) is 0 Å². The van der Waals surface area contributed by atoms with E-state index in [1.165, 1.54) is 5.57 Å². The van der Waals surface area contributed by atoms with Gasteiger partial charge in [0.1, 0.15) is 0 Å². The minimum atomic E-state index is 0.833. The van der Waals surface area contributed by atoms with Gasteiger partial charge in [-0.3, -0.25) is 0 Å². The quantitative estimate of drug-likeness (QED) is 0.477. The summed E-state index contributed by atoms with van der Waals surface area (Å²) in [7, 11) is 0. The van der Waals surface area contributed by atoms with Crippen LogP contribution in [0.3, 0.4) is 0 Å². The first-order valence-corrected chi connectivity index (χ1v) is 5.15. The maximum atomic E-state index is 3.67. The Labute approximate surface area is 86.8 Å². The molecule has 0 aliphatic rings. The van der Waals surface area contributed by atoms with Crippen molar-refractivity contribution in [1.29, 1.82) is 0 Å². The van der Waals surface area contributed by atoms with Crippen molar-refractivity contribution in [3.63, 3.8) is 0 Å². The summed E-state index contributed by atoms with van der Waals surface area (Å²) in [6, 6.07) is 0. The molecule has 0 heteroatoms. The molecule has 0 rings (SSSR count). The Bertz CT molecular complexity index is 67.4. The number of hydrogen-bond acceptors (Lipinski definition) is 0. The zero-order chi connectivity index (χ0) is 11.9. The highest BCUT2D eigenvalue weighted by Crippen LogP contribution is 1.88. The van der Waals surface area contributed by atoms with Gasteiger partial charge in [0.05, 0.1) is 0 Å². The molecular formula is C13H30. The first-order valence-electron chi connectivity index (χ1n) is 5.15. The Kier molecular flexibility index (Phi) is 52.8. The fourth-order valence-electron chi connectivity index (χ4n) is 0. The molecule has 0 nitrogen and oxygen atoms in total. The summed E-state index contributed by atoms with van der Waals surface area (Å²) >= 11 is 0. The van der Waals surface area contributed by atoms with E-state index in [0.717, 1.165) is 12.3 Å². The van der Waals surface area contributed by atoms with Crippen LogP contribution in [-0.4, -0.2) is 0 Å². The Balaban J connectivity index is -0.0000000457. The lowest BCUT2D eigenvalue weighted by molar-refractivity contribution is 0.737. The summed E-state index contributed by atoms with van der Waals surface area (Å²) < 4.78 is 0. The summed E-state index contributed by atoms with van der Waals surface area (Å²) in [5.74, 6) is 0.833. The van der Waals surface area contributed by atoms with Crippen LogP contribution in [0.15, 0.2) is 25.3 Å². The predicted molar refractivity (Wildman–Crippen MR) is 68.2 cm³/mol. The van der Waals surface area contributed by atoms with E-state index in [1.54, 1.807) is 0 Å². The minimum absolute atomic E-state index is 0.833. The highest BCUT2D eigenvalue weighted by atomic mass is 13.7. The molecule has 0 atom stereocenters. The van der Waals surface area contributed by atoms with Gasteiger partial charge in [0, 0.05) is 0 Å². The van der Waals surface area contributed by atoms with Crippen LogP contribution in [0.5, 0.6) is 0 Å². The van der Waals surface area contributed by atoms with Gasteiger partial charge in [-0.25, -0.2) is 0 Å². The van der Waals surface area contributed by atoms with Crippen molar-refractivity contribution in [3.8, 4) is 0 Å². The summed E-state index contributed by atoms with van der Waals surface area (Å²) in [6.45, 7) is 24.3. The zero-order valence-electron chi connectivity index (χ0n) is 10.9. The summed E-state index contributed by atoms with van der Waals surface area (Å²) in [5.41, 5.74) is 1.25. The molecule has 0 aliphatic heterocycles. The second-order valence-corrected chi connectivity index (χ2v) is 3.04. The van der Waals surface area contributed by atoms with Gasteiger partial charge in [-0.2, -0.15) is 0 Å². The molecule has 0 aliphatic carbocycles. The zero-order valence-corrected chi connectivity index (χ0v) is 10.9. The molecule has 0 radical (unpaired) electrons. The first kappa shape index (κ1) is 22.9. The monoisotopic (exact) mass is 186 g/mol. The molecule has 0 unspecified atom stereocenters. The van der Waals surface area contributed by atoms with Crippen LogP contribution in [0.1, 0.15) is 54.9 Å². The third-order valence-corrected chi connectivity index (χ3v) is 0.604. The maximum absolute atomic E-state index is 3.67. The Hall–Kier alpha value is -0.520. The molecule has 0 amide bonds. The Morgan fingerprint density at radius 3 is 1.15 bits per heavy atom. The molecule has 0 bridgehead atoms. The summed E-state index contributed by atoms with van der Waals surface area (Å²) in [5, 5.41) is 0. The fraction of sp³-hybridized carbons (Fsp3) is 0.692. The van der Waals surface area contributed by atoms with Crippen molar-refractivity contribution >= 4 is 0 Å². The molecule has 0 aromatic heterocycles. The van der Waals surface area contributed by atoms with Gasteiger partial charge in [-0.1, -0.05) is 47.1 Å². The number of hydrogen-bond donors (Lipinski definition) is 0. The second-order valence-electron chi connectivity index (χ2n) is 3.04. The number of rotatable bonds is 1. The standard InChI is InChI=1S/C5H10.C4H10.C2H6.C2H4/c1-4-5(2)3;1-4(2)3;2*1-2/h2,4H2,1,3H3;4H,1-3H3;1-2H3;1-2H2. The van der Waals surface area contributed by atoms with Crippen molar-refractivity contribution in [1.82, 2.24) is 0 Å². The molecule has 82 valence electrons. The van der Waals surface area contributed by atoms with E-state index in [1.807, 2.05) is 20.8 Å². The van der Waals surface area contributed by atoms with Gasteiger partial charge in [0.15, 0.2) is 0 Å². The van der Waals surface area contributed by atoms with Crippen molar-refractivity contribution in [2.45, 2.75) is 54.9 Å². The lowest BCUT2D eigenvalue weighted by atomic mass is 10.3. The van der Waals surface area contributed by atoms with E-state index < -0.39 is 0 Å². The van der Waals surface area contributed by atoms with Crippen molar-refractivity contribution in [2.75, 3.05) is 0 Å². The predicted octanol–water partition coefficient (Wildman–Crippen LogP) is 5.46. The SMILES string of the molecule is C=C.C=C(C)CC.CC.CC(C)C. The molecular weight excluding hydrogens is 156 g/mol. The minimum Gasteiger partial charge on any atom is -0.106 e. The van der Waals surface area contributed by atoms with Gasteiger partial charge >= 0.3 is 0 Å². The van der Waals surface area contributed by atoms with Gasteiger partial charge in [0.25, 0.3) is 0 Å². The van der Waals surface area contributed by atoms with Gasteiger partial charge in [-0.15, -0.1) is 19.7 Å². The lowest BCUT2D eigenvalue weighted by Gasteiger charge is -1.79. The third-order valence-electron chi connectivity index (χ3n) is 0.604. The largest absolute Gasteiger partial charge is 0.106 e. The van der Waals surface area contributed by atoms with Gasteiger partial charge in [0.2, 0.25) is 0 Å². The molecule has 0 fully saturated rings. The Morgan fingerprint density at radius 1 is 1.08 bits per heavy atom. The van der Waals surface area contributed by atoms with Crippen LogP contribution in [0.2, 0.25) is 0 Å². The summed E-state index contributed by atoms with van der Waals surface area (Å²) in [6.07, 6.45) is 1.11. The fourth-order valence-corrected chi connectivity index (χ4v) is 0. The normalized spacial score (nSPS) is 6.46. The van der Waals surface area contributed by atoms with Crippen LogP contribution < -0.4 is 0 Å². The van der Waals surface area contributed by atoms with Gasteiger partial charge < -0.3 is 0 Å². The van der Waals surface area contributed by atoms with Crippen molar-refractivity contribution < 1.29 is 0 Å². The summed E-state index contributed by atoms with van der Waals surface area (Å²) in [4.78, 5) is 0. The van der Waals surface area contributed by atoms with Gasteiger partial charge in [-0.05, 0) is 19.3 Å². The topological polar surface area (TPSA) is 0 Å². The van der Waals surface area contributed by atoms with E-state index in [0.29, 0.717) is 0 Å². The van der Waals surface area contributed by atoms with E-state index in [4.69, 9.17) is 0 Å². The molecule has 0 saturated carbocycles. The second kappa shape index (κ2) is 30.0. The van der Waals surface area contributed by atoms with E-state index in [-0.39, 0.29) is 0 Å². The number of allylic oxidation sites excluding steroid dienone is 1. The average molecular weight is 186 g/mol. The highest BCUT2D eigenvalue weighted by molar-refractivity contribution is 4.84. The molecule has 0 spiro atoms. The van der Waals surface area contributed by atoms with E-state index >= 15 is 0 Å². The van der Waals surface area contributed by atoms with E-state index in [2.05, 4.69) is 47.4 Å². The third kappa shape index (κ3) is 471. The molecule has 0 heterocycles. The smallest absolute Gasteiger partial charge is 0.0354 e. The molecule has 0 N–H and O–H groups in total. The average Bonchev–Trinajstić information content (AvgIpc) is 2.10. The van der Waals surface area contributed by atoms with Crippen LogP contribution in [0.25, 0.3) is 0 Å². The first-order chi connectivity index (χ1) is 6.00. The molecule has 0 aromatic carbocycles. The Morgan fingerprint density at radius 2 is 1.15 bits per heavy atom. The van der Waals surface area contributed by atoms with Crippen molar-refractivity contribution in [2.24, 2.45) is 5.92 Å². The molecule has 0 saturated heterocycles. The van der Waals surface area contributed by atoms with Crippen LogP contribution in [0.4, 0.5) is 0 Å². The van der Waals surface area contributed by atoms with Crippen molar-refractivity contribution in [3.05, 3.63) is 25.3 Å². The highest BCUT2D eigenvalue weighted by Gasteiger charge is 1.68. The van der Waals surface area contributed by atoms with Crippen LogP contribution in [-0.2, 0) is 0 Å².